The standard InChI is InChI=1S/C21H22N2O4/c1-4-27-21(24)16-13-22-17-6-5-7-18(26-3)19(17)20(16)23-12-14-8-10-15(25-2)11-9-14/h5-11,13H,4,12H2,1-3H3,(H,22,23). The van der Waals surface area contributed by atoms with Gasteiger partial charge in [-0.2, -0.15) is 0 Å². The highest BCUT2D eigenvalue weighted by Crippen LogP contribution is 2.34. The molecule has 6 heteroatoms. The minimum atomic E-state index is -0.421. The molecule has 27 heavy (non-hydrogen) atoms. The number of carbonyl (C=O) groups excluding carboxylic acids is 1. The van der Waals surface area contributed by atoms with E-state index in [0.717, 1.165) is 22.2 Å². The minimum absolute atomic E-state index is 0.292. The van der Waals surface area contributed by atoms with Crippen molar-refractivity contribution in [3.63, 3.8) is 0 Å². The minimum Gasteiger partial charge on any atom is -0.497 e. The second-order valence-corrected chi connectivity index (χ2v) is 5.82. The fraction of sp³-hybridized carbons (Fsp3) is 0.238. The fourth-order valence-electron chi connectivity index (χ4n) is 2.86. The van der Waals surface area contributed by atoms with Crippen LogP contribution in [0.25, 0.3) is 10.9 Å². The second-order valence-electron chi connectivity index (χ2n) is 5.82. The summed E-state index contributed by atoms with van der Waals surface area (Å²) in [6.45, 7) is 2.59. The molecule has 0 amide bonds. The number of benzene rings is 2. The van der Waals surface area contributed by atoms with Crippen molar-refractivity contribution in [1.82, 2.24) is 4.98 Å². The Morgan fingerprint density at radius 2 is 1.85 bits per heavy atom. The number of hydrogen-bond acceptors (Lipinski definition) is 6. The molecule has 1 N–H and O–H groups in total. The van der Waals surface area contributed by atoms with Crippen molar-refractivity contribution in [2.45, 2.75) is 13.5 Å². The van der Waals surface area contributed by atoms with E-state index in [2.05, 4.69) is 10.3 Å². The summed E-state index contributed by atoms with van der Waals surface area (Å²) in [7, 11) is 3.23. The third-order valence-corrected chi connectivity index (χ3v) is 4.20. The number of nitrogens with zero attached hydrogens (tertiary/aromatic N) is 1. The van der Waals surface area contributed by atoms with Crippen LogP contribution in [-0.4, -0.2) is 31.8 Å². The van der Waals surface area contributed by atoms with Crippen molar-refractivity contribution in [3.8, 4) is 11.5 Å². The number of methoxy groups -OCH3 is 2. The second kappa shape index (κ2) is 8.40. The summed E-state index contributed by atoms with van der Waals surface area (Å²) in [5, 5.41) is 4.11. The first-order chi connectivity index (χ1) is 13.2. The summed E-state index contributed by atoms with van der Waals surface area (Å²) in [4.78, 5) is 16.8. The molecule has 1 heterocycles. The number of rotatable bonds is 7. The largest absolute Gasteiger partial charge is 0.497 e. The SMILES string of the molecule is CCOC(=O)c1cnc2cccc(OC)c2c1NCc1ccc(OC)cc1. The molecular weight excluding hydrogens is 344 g/mol. The maximum absolute atomic E-state index is 12.4. The number of pyridine rings is 1. The van der Waals surface area contributed by atoms with Crippen molar-refractivity contribution < 1.29 is 19.0 Å². The number of hydrogen-bond donors (Lipinski definition) is 1. The van der Waals surface area contributed by atoms with E-state index in [4.69, 9.17) is 14.2 Å². The zero-order valence-electron chi connectivity index (χ0n) is 15.6. The lowest BCUT2D eigenvalue weighted by atomic mass is 10.1. The van der Waals surface area contributed by atoms with Gasteiger partial charge in [0.2, 0.25) is 0 Å². The van der Waals surface area contributed by atoms with Crippen LogP contribution in [0.3, 0.4) is 0 Å². The van der Waals surface area contributed by atoms with E-state index < -0.39 is 5.97 Å². The van der Waals surface area contributed by atoms with Crippen LogP contribution in [0.15, 0.2) is 48.7 Å². The van der Waals surface area contributed by atoms with Gasteiger partial charge in [-0.15, -0.1) is 0 Å². The molecule has 1 aromatic heterocycles. The molecule has 3 aromatic rings. The highest BCUT2D eigenvalue weighted by Gasteiger charge is 2.19. The van der Waals surface area contributed by atoms with Gasteiger partial charge in [0.25, 0.3) is 0 Å². The summed E-state index contributed by atoms with van der Waals surface area (Å²) in [5.41, 5.74) is 2.80. The molecule has 0 saturated heterocycles. The normalized spacial score (nSPS) is 10.5. The molecule has 0 atom stereocenters. The van der Waals surface area contributed by atoms with Gasteiger partial charge in [-0.3, -0.25) is 4.98 Å². The van der Waals surface area contributed by atoms with E-state index >= 15 is 0 Å². The molecule has 0 aliphatic heterocycles. The number of aromatic nitrogens is 1. The molecule has 3 rings (SSSR count). The summed E-state index contributed by atoms with van der Waals surface area (Å²) >= 11 is 0. The van der Waals surface area contributed by atoms with Crippen LogP contribution in [0, 0.1) is 0 Å². The molecule has 0 spiro atoms. The van der Waals surface area contributed by atoms with Crippen LogP contribution in [0.5, 0.6) is 11.5 Å². The Labute approximate surface area is 158 Å². The average molecular weight is 366 g/mol. The molecule has 0 fully saturated rings. The van der Waals surface area contributed by atoms with Crippen molar-refractivity contribution >= 4 is 22.6 Å². The van der Waals surface area contributed by atoms with Crippen molar-refractivity contribution in [1.29, 1.82) is 0 Å². The first-order valence-corrected chi connectivity index (χ1v) is 8.67. The van der Waals surface area contributed by atoms with E-state index in [1.807, 2.05) is 42.5 Å². The fourth-order valence-corrected chi connectivity index (χ4v) is 2.86. The monoisotopic (exact) mass is 366 g/mol. The molecule has 0 radical (unpaired) electrons. The quantitative estimate of drug-likeness (QED) is 0.637. The van der Waals surface area contributed by atoms with Gasteiger partial charge in [0.15, 0.2) is 0 Å². The van der Waals surface area contributed by atoms with Crippen molar-refractivity contribution in [2.75, 3.05) is 26.1 Å². The third-order valence-electron chi connectivity index (χ3n) is 4.20. The Morgan fingerprint density at radius 1 is 1.07 bits per heavy atom. The topological polar surface area (TPSA) is 69.7 Å². The number of carbonyl (C=O) groups is 1. The first kappa shape index (κ1) is 18.5. The summed E-state index contributed by atoms with van der Waals surface area (Å²) in [6.07, 6.45) is 1.54. The van der Waals surface area contributed by atoms with Gasteiger partial charge in [0.1, 0.15) is 17.1 Å². The van der Waals surface area contributed by atoms with Crippen molar-refractivity contribution in [3.05, 3.63) is 59.8 Å². The predicted octanol–water partition coefficient (Wildman–Crippen LogP) is 4.04. The van der Waals surface area contributed by atoms with Gasteiger partial charge in [0.05, 0.1) is 37.4 Å². The Bertz CT molecular complexity index is 939. The number of nitrogens with one attached hydrogen (secondary N) is 1. The van der Waals surface area contributed by atoms with Gasteiger partial charge in [0, 0.05) is 12.7 Å². The highest BCUT2D eigenvalue weighted by molar-refractivity contribution is 6.07. The Morgan fingerprint density at radius 3 is 2.52 bits per heavy atom. The van der Waals surface area contributed by atoms with Crippen LogP contribution in [0.4, 0.5) is 5.69 Å². The van der Waals surface area contributed by atoms with E-state index in [-0.39, 0.29) is 0 Å². The molecule has 0 bridgehead atoms. The van der Waals surface area contributed by atoms with Crippen LogP contribution >= 0.6 is 0 Å². The van der Waals surface area contributed by atoms with Crippen molar-refractivity contribution in [2.24, 2.45) is 0 Å². The summed E-state index contributed by atoms with van der Waals surface area (Å²) in [6, 6.07) is 13.3. The van der Waals surface area contributed by atoms with Crippen LogP contribution in [0.2, 0.25) is 0 Å². The molecule has 0 aliphatic rings. The maximum atomic E-state index is 12.4. The molecule has 0 unspecified atom stereocenters. The number of ether oxygens (including phenoxy) is 3. The first-order valence-electron chi connectivity index (χ1n) is 8.67. The van der Waals surface area contributed by atoms with E-state index in [9.17, 15) is 4.79 Å². The zero-order valence-corrected chi connectivity index (χ0v) is 15.6. The Balaban J connectivity index is 2.03. The van der Waals surface area contributed by atoms with Gasteiger partial charge in [-0.25, -0.2) is 4.79 Å². The molecule has 2 aromatic carbocycles. The molecule has 140 valence electrons. The summed E-state index contributed by atoms with van der Waals surface area (Å²) < 4.78 is 15.9. The average Bonchev–Trinajstić information content (AvgIpc) is 2.71. The smallest absolute Gasteiger partial charge is 0.341 e. The van der Waals surface area contributed by atoms with Crippen LogP contribution < -0.4 is 14.8 Å². The van der Waals surface area contributed by atoms with Crippen LogP contribution in [-0.2, 0) is 11.3 Å². The summed E-state index contributed by atoms with van der Waals surface area (Å²) in [5.74, 6) is 1.01. The number of anilines is 1. The lowest BCUT2D eigenvalue weighted by Crippen LogP contribution is -2.11. The lowest BCUT2D eigenvalue weighted by Gasteiger charge is -2.16. The Hall–Kier alpha value is -3.28. The van der Waals surface area contributed by atoms with Gasteiger partial charge < -0.3 is 19.5 Å². The molecule has 0 aliphatic carbocycles. The highest BCUT2D eigenvalue weighted by atomic mass is 16.5. The molecular formula is C21H22N2O4. The van der Waals surface area contributed by atoms with E-state index in [1.165, 1.54) is 6.20 Å². The third kappa shape index (κ3) is 3.95. The van der Waals surface area contributed by atoms with Gasteiger partial charge in [-0.1, -0.05) is 18.2 Å². The number of esters is 1. The maximum Gasteiger partial charge on any atom is 0.341 e. The van der Waals surface area contributed by atoms with Gasteiger partial charge in [-0.05, 0) is 36.8 Å². The predicted molar refractivity (Wildman–Crippen MR) is 105 cm³/mol. The lowest BCUT2D eigenvalue weighted by molar-refractivity contribution is 0.0527. The van der Waals surface area contributed by atoms with E-state index in [0.29, 0.717) is 30.2 Å². The zero-order chi connectivity index (χ0) is 19.2. The van der Waals surface area contributed by atoms with Crippen LogP contribution in [0.1, 0.15) is 22.8 Å². The number of fused-ring (bicyclic) bond motifs is 1. The Kier molecular flexibility index (Phi) is 5.76. The molecule has 0 saturated carbocycles. The molecule has 6 nitrogen and oxygen atoms in total. The van der Waals surface area contributed by atoms with E-state index in [1.54, 1.807) is 21.1 Å². The van der Waals surface area contributed by atoms with Gasteiger partial charge >= 0.3 is 5.97 Å².